The largest absolute Gasteiger partial charge is 0.481 e. The average molecular weight is 465 g/mol. The van der Waals surface area contributed by atoms with Crippen molar-refractivity contribution < 1.29 is 24.2 Å². The smallest absolute Gasteiger partial charge is 0.408 e. The number of fused-ring (bicyclic) bond motifs is 3. The molecule has 34 heavy (non-hydrogen) atoms. The van der Waals surface area contributed by atoms with Gasteiger partial charge in [0.25, 0.3) is 0 Å². The van der Waals surface area contributed by atoms with Crippen LogP contribution in [-0.2, 0) is 14.3 Å². The molecule has 0 aliphatic heterocycles. The fraction of sp³-hybridized carbons (Fsp3) is 0.444. The van der Waals surface area contributed by atoms with Crippen LogP contribution in [0.3, 0.4) is 0 Å². The van der Waals surface area contributed by atoms with Gasteiger partial charge in [0, 0.05) is 12.0 Å². The van der Waals surface area contributed by atoms with Crippen LogP contribution in [0.25, 0.3) is 11.1 Å². The number of benzene rings is 2. The molecule has 0 spiro atoms. The van der Waals surface area contributed by atoms with Crippen molar-refractivity contribution in [2.24, 2.45) is 5.92 Å². The van der Waals surface area contributed by atoms with Gasteiger partial charge in [0.1, 0.15) is 12.1 Å². The second-order valence-electron chi connectivity index (χ2n) is 9.66. The summed E-state index contributed by atoms with van der Waals surface area (Å²) >= 11 is 0. The number of hydrogen-bond acceptors (Lipinski definition) is 4. The van der Waals surface area contributed by atoms with Crippen LogP contribution in [0.2, 0.25) is 0 Å². The van der Waals surface area contributed by atoms with E-state index in [0.29, 0.717) is 12.8 Å². The van der Waals surface area contributed by atoms with E-state index < -0.39 is 23.6 Å². The molecule has 0 saturated heterocycles. The fourth-order valence-corrected chi connectivity index (χ4v) is 5.17. The molecule has 2 aromatic rings. The molecule has 1 saturated carbocycles. The Morgan fingerprint density at radius 2 is 1.56 bits per heavy atom. The molecule has 2 aliphatic carbocycles. The third kappa shape index (κ3) is 4.79. The third-order valence-corrected chi connectivity index (χ3v) is 7.09. The Kier molecular flexibility index (Phi) is 6.91. The Morgan fingerprint density at radius 3 is 2.09 bits per heavy atom. The Labute approximate surface area is 199 Å². The summed E-state index contributed by atoms with van der Waals surface area (Å²) in [5, 5.41) is 14.9. The molecule has 2 aliphatic rings. The van der Waals surface area contributed by atoms with E-state index >= 15 is 0 Å². The first-order chi connectivity index (χ1) is 16.3. The van der Waals surface area contributed by atoms with Crippen LogP contribution in [0.5, 0.6) is 0 Å². The molecule has 1 fully saturated rings. The second kappa shape index (κ2) is 9.87. The first-order valence-electron chi connectivity index (χ1n) is 12.0. The van der Waals surface area contributed by atoms with Crippen molar-refractivity contribution in [1.29, 1.82) is 0 Å². The summed E-state index contributed by atoms with van der Waals surface area (Å²) in [4.78, 5) is 37.3. The number of nitrogens with one attached hydrogen (secondary N) is 2. The Morgan fingerprint density at radius 1 is 1.00 bits per heavy atom. The van der Waals surface area contributed by atoms with Crippen LogP contribution in [-0.4, -0.2) is 41.3 Å². The van der Waals surface area contributed by atoms with E-state index in [4.69, 9.17) is 4.74 Å². The van der Waals surface area contributed by atoms with Gasteiger partial charge in [-0.2, -0.15) is 0 Å². The molecule has 1 atom stereocenters. The van der Waals surface area contributed by atoms with Gasteiger partial charge in [-0.25, -0.2) is 4.79 Å². The average Bonchev–Trinajstić information content (AvgIpc) is 3.40. The highest BCUT2D eigenvalue weighted by Crippen LogP contribution is 2.44. The highest BCUT2D eigenvalue weighted by molar-refractivity contribution is 5.91. The van der Waals surface area contributed by atoms with Crippen LogP contribution in [0.1, 0.15) is 63.0 Å². The summed E-state index contributed by atoms with van der Waals surface area (Å²) in [6.45, 7) is 3.91. The molecule has 7 nitrogen and oxygen atoms in total. The van der Waals surface area contributed by atoms with Crippen LogP contribution in [0.15, 0.2) is 48.5 Å². The molecule has 2 amide bonds. The summed E-state index contributed by atoms with van der Waals surface area (Å²) < 4.78 is 5.67. The van der Waals surface area contributed by atoms with E-state index in [-0.39, 0.29) is 30.8 Å². The fourth-order valence-electron chi connectivity index (χ4n) is 5.17. The van der Waals surface area contributed by atoms with Gasteiger partial charge in [0.2, 0.25) is 5.91 Å². The quantitative estimate of drug-likeness (QED) is 0.535. The van der Waals surface area contributed by atoms with Gasteiger partial charge in [-0.05, 0) is 41.0 Å². The van der Waals surface area contributed by atoms with Crippen molar-refractivity contribution in [3.05, 3.63) is 59.7 Å². The number of carboxylic acids is 1. The van der Waals surface area contributed by atoms with Crippen molar-refractivity contribution >= 4 is 18.0 Å². The van der Waals surface area contributed by atoms with Gasteiger partial charge in [0.05, 0.1) is 6.42 Å². The van der Waals surface area contributed by atoms with Crippen LogP contribution in [0, 0.1) is 5.92 Å². The SMILES string of the molecule is CC(C)[C@@H](CC(=O)O)NC(=O)C1(NC(=O)OCC2c3ccccc3-c3ccccc32)CCCC1. The number of ether oxygens (including phenoxy) is 1. The maximum absolute atomic E-state index is 13.2. The van der Waals surface area contributed by atoms with Crippen LogP contribution in [0.4, 0.5) is 4.79 Å². The van der Waals surface area contributed by atoms with Gasteiger partial charge in [0.15, 0.2) is 0 Å². The van der Waals surface area contributed by atoms with Crippen LogP contribution >= 0.6 is 0 Å². The lowest BCUT2D eigenvalue weighted by Crippen LogP contribution is -2.59. The predicted molar refractivity (Wildman–Crippen MR) is 128 cm³/mol. The van der Waals surface area contributed by atoms with Crippen molar-refractivity contribution in [3.63, 3.8) is 0 Å². The van der Waals surface area contributed by atoms with E-state index in [1.54, 1.807) is 0 Å². The summed E-state index contributed by atoms with van der Waals surface area (Å²) in [5.41, 5.74) is 3.47. The Hall–Kier alpha value is -3.35. The molecule has 0 bridgehead atoms. The van der Waals surface area contributed by atoms with Gasteiger partial charge in [-0.1, -0.05) is 75.2 Å². The van der Waals surface area contributed by atoms with Gasteiger partial charge in [-0.15, -0.1) is 0 Å². The molecule has 4 rings (SSSR count). The number of carbonyl (C=O) groups excluding carboxylic acids is 2. The minimum Gasteiger partial charge on any atom is -0.481 e. The minimum absolute atomic E-state index is 0.0482. The molecule has 3 N–H and O–H groups in total. The highest BCUT2D eigenvalue weighted by atomic mass is 16.5. The first-order valence-corrected chi connectivity index (χ1v) is 12.0. The Bertz CT molecular complexity index is 1030. The van der Waals surface area contributed by atoms with Crippen molar-refractivity contribution in [2.75, 3.05) is 6.61 Å². The number of carbonyl (C=O) groups is 3. The van der Waals surface area contributed by atoms with Crippen molar-refractivity contribution in [1.82, 2.24) is 10.6 Å². The molecule has 0 heterocycles. The molecular weight excluding hydrogens is 432 g/mol. The predicted octanol–water partition coefficient (Wildman–Crippen LogP) is 4.45. The van der Waals surface area contributed by atoms with E-state index in [1.165, 1.54) is 0 Å². The van der Waals surface area contributed by atoms with E-state index in [2.05, 4.69) is 34.9 Å². The number of hydrogen-bond donors (Lipinski definition) is 3. The normalized spacial score (nSPS) is 17.0. The van der Waals surface area contributed by atoms with E-state index in [0.717, 1.165) is 35.1 Å². The number of aliphatic carboxylic acids is 1. The lowest BCUT2D eigenvalue weighted by atomic mass is 9.93. The standard InChI is InChI=1S/C27H32N2O5/c1-17(2)23(15-24(30)31)28-25(32)27(13-7-8-14-27)29-26(33)34-16-22-20-11-5-3-9-18(20)19-10-4-6-12-21(19)22/h3-6,9-12,17,22-23H,7-8,13-16H2,1-2H3,(H,28,32)(H,29,33)(H,30,31)/t23-/m1/s1. The second-order valence-corrected chi connectivity index (χ2v) is 9.66. The van der Waals surface area contributed by atoms with Gasteiger partial charge >= 0.3 is 12.1 Å². The zero-order valence-corrected chi connectivity index (χ0v) is 19.7. The summed E-state index contributed by atoms with van der Waals surface area (Å²) in [6.07, 6.45) is 1.83. The van der Waals surface area contributed by atoms with Gasteiger partial charge in [-0.3, -0.25) is 9.59 Å². The number of amides is 2. The molecule has 0 aromatic heterocycles. The van der Waals surface area contributed by atoms with Crippen LogP contribution < -0.4 is 10.6 Å². The van der Waals surface area contributed by atoms with Crippen molar-refractivity contribution in [3.8, 4) is 11.1 Å². The lowest BCUT2D eigenvalue weighted by molar-refractivity contribution is -0.138. The maximum atomic E-state index is 13.2. The molecule has 0 unspecified atom stereocenters. The topological polar surface area (TPSA) is 105 Å². The summed E-state index contributed by atoms with van der Waals surface area (Å²) in [5.74, 6) is -1.41. The summed E-state index contributed by atoms with van der Waals surface area (Å²) in [6, 6.07) is 15.7. The number of carboxylic acid groups (broad SMARTS) is 1. The molecule has 2 aromatic carbocycles. The molecule has 180 valence electrons. The minimum atomic E-state index is -1.08. The highest BCUT2D eigenvalue weighted by Gasteiger charge is 2.44. The van der Waals surface area contributed by atoms with Crippen molar-refractivity contribution in [2.45, 2.75) is 63.5 Å². The zero-order chi connectivity index (χ0) is 24.3. The summed E-state index contributed by atoms with van der Waals surface area (Å²) in [7, 11) is 0. The lowest BCUT2D eigenvalue weighted by Gasteiger charge is -2.32. The maximum Gasteiger partial charge on any atom is 0.408 e. The van der Waals surface area contributed by atoms with E-state index in [9.17, 15) is 19.5 Å². The van der Waals surface area contributed by atoms with Gasteiger partial charge < -0.3 is 20.5 Å². The number of alkyl carbamates (subject to hydrolysis) is 1. The van der Waals surface area contributed by atoms with E-state index in [1.807, 2.05) is 38.1 Å². The Balaban J connectivity index is 1.44. The third-order valence-electron chi connectivity index (χ3n) is 7.09. The monoisotopic (exact) mass is 464 g/mol. The first kappa shape index (κ1) is 23.8. The zero-order valence-electron chi connectivity index (χ0n) is 19.7. The molecule has 7 heteroatoms. The number of rotatable bonds is 8. The molecule has 0 radical (unpaired) electrons. The molecular formula is C27H32N2O5.